The summed E-state index contributed by atoms with van der Waals surface area (Å²) in [5.41, 5.74) is 5.38. The zero-order valence-corrected chi connectivity index (χ0v) is 11.1. The minimum Gasteiger partial charge on any atom is -0.368 e. The van der Waals surface area contributed by atoms with Crippen LogP contribution < -0.4 is 11.1 Å². The third-order valence-corrected chi connectivity index (χ3v) is 3.24. The van der Waals surface area contributed by atoms with Crippen LogP contribution in [0.25, 0.3) is 0 Å². The smallest absolute Gasteiger partial charge is 0.235 e. The number of nitrogens with zero attached hydrogens (tertiary/aromatic N) is 2. The van der Waals surface area contributed by atoms with Crippen molar-refractivity contribution in [2.24, 2.45) is 5.73 Å². The van der Waals surface area contributed by atoms with E-state index in [9.17, 15) is 4.79 Å². The van der Waals surface area contributed by atoms with E-state index < -0.39 is 0 Å². The monoisotopic (exact) mass is 242 g/mol. The van der Waals surface area contributed by atoms with Crippen molar-refractivity contribution in [2.75, 3.05) is 45.8 Å². The van der Waals surface area contributed by atoms with Gasteiger partial charge in [-0.05, 0) is 19.5 Å². The first-order valence-electron chi connectivity index (χ1n) is 6.64. The number of carbonyl (C=O) groups excluding carboxylic acids is 1. The molecule has 1 heterocycles. The second kappa shape index (κ2) is 7.63. The SMILES string of the molecule is CCCN1CCN(CC(NCC)C(N)=O)CC1. The molecule has 1 unspecified atom stereocenters. The second-order valence-corrected chi connectivity index (χ2v) is 4.65. The van der Waals surface area contributed by atoms with Gasteiger partial charge >= 0.3 is 0 Å². The van der Waals surface area contributed by atoms with Gasteiger partial charge in [-0.2, -0.15) is 0 Å². The molecule has 0 saturated carbocycles. The van der Waals surface area contributed by atoms with Gasteiger partial charge in [-0.1, -0.05) is 13.8 Å². The van der Waals surface area contributed by atoms with Crippen molar-refractivity contribution in [1.29, 1.82) is 0 Å². The highest BCUT2D eigenvalue weighted by Gasteiger charge is 2.21. The standard InChI is InChI=1S/C12H26N4O/c1-3-5-15-6-8-16(9-7-15)10-11(12(13)17)14-4-2/h11,14H,3-10H2,1-2H3,(H2,13,17). The zero-order chi connectivity index (χ0) is 12.7. The van der Waals surface area contributed by atoms with Gasteiger partial charge < -0.3 is 16.0 Å². The molecule has 5 heteroatoms. The summed E-state index contributed by atoms with van der Waals surface area (Å²) in [4.78, 5) is 16.1. The molecule has 17 heavy (non-hydrogen) atoms. The first-order chi connectivity index (χ1) is 8.17. The van der Waals surface area contributed by atoms with Crippen LogP contribution in [0.4, 0.5) is 0 Å². The van der Waals surface area contributed by atoms with Crippen LogP contribution in [0, 0.1) is 0 Å². The Hall–Kier alpha value is -0.650. The van der Waals surface area contributed by atoms with Crippen LogP contribution in [0.2, 0.25) is 0 Å². The number of primary amides is 1. The number of hydrogen-bond donors (Lipinski definition) is 2. The molecule has 0 aromatic heterocycles. The van der Waals surface area contributed by atoms with Gasteiger partial charge in [-0.15, -0.1) is 0 Å². The molecule has 0 radical (unpaired) electrons. The minimum atomic E-state index is -0.247. The van der Waals surface area contributed by atoms with E-state index in [0.717, 1.165) is 39.3 Å². The average Bonchev–Trinajstić information content (AvgIpc) is 2.31. The quantitative estimate of drug-likeness (QED) is 0.630. The molecule has 0 aromatic rings. The summed E-state index contributed by atoms with van der Waals surface area (Å²) in [5, 5.41) is 3.14. The Morgan fingerprint density at radius 3 is 2.29 bits per heavy atom. The van der Waals surface area contributed by atoms with Crippen LogP contribution in [0.3, 0.4) is 0 Å². The van der Waals surface area contributed by atoms with Crippen LogP contribution in [0.1, 0.15) is 20.3 Å². The average molecular weight is 242 g/mol. The van der Waals surface area contributed by atoms with E-state index in [1.807, 2.05) is 6.92 Å². The first-order valence-corrected chi connectivity index (χ1v) is 6.64. The van der Waals surface area contributed by atoms with Crippen LogP contribution in [0.5, 0.6) is 0 Å². The highest BCUT2D eigenvalue weighted by atomic mass is 16.1. The number of nitrogens with two attached hydrogens (primary N) is 1. The third-order valence-electron chi connectivity index (χ3n) is 3.24. The van der Waals surface area contributed by atoms with Gasteiger partial charge in [-0.3, -0.25) is 9.69 Å². The molecule has 1 fully saturated rings. The molecular weight excluding hydrogens is 216 g/mol. The van der Waals surface area contributed by atoms with Crippen molar-refractivity contribution in [3.05, 3.63) is 0 Å². The van der Waals surface area contributed by atoms with Gasteiger partial charge in [0, 0.05) is 32.7 Å². The number of rotatable bonds is 7. The molecular formula is C12H26N4O. The van der Waals surface area contributed by atoms with Crippen LogP contribution in [-0.4, -0.2) is 67.6 Å². The van der Waals surface area contributed by atoms with Gasteiger partial charge in [0.15, 0.2) is 0 Å². The summed E-state index contributed by atoms with van der Waals surface area (Å²) in [6.45, 7) is 11.2. The molecule has 1 saturated heterocycles. The highest BCUT2D eigenvalue weighted by Crippen LogP contribution is 2.03. The second-order valence-electron chi connectivity index (χ2n) is 4.65. The van der Waals surface area contributed by atoms with Crippen molar-refractivity contribution < 1.29 is 4.79 Å². The van der Waals surface area contributed by atoms with E-state index in [0.29, 0.717) is 0 Å². The van der Waals surface area contributed by atoms with Gasteiger partial charge in [-0.25, -0.2) is 0 Å². The number of likely N-dealkylation sites (N-methyl/N-ethyl adjacent to an activating group) is 1. The number of hydrogen-bond acceptors (Lipinski definition) is 4. The topological polar surface area (TPSA) is 61.6 Å². The third kappa shape index (κ3) is 5.02. The minimum absolute atomic E-state index is 0.210. The molecule has 1 aliphatic rings. The lowest BCUT2D eigenvalue weighted by Gasteiger charge is -2.35. The lowest BCUT2D eigenvalue weighted by Crippen LogP contribution is -2.54. The molecule has 3 N–H and O–H groups in total. The van der Waals surface area contributed by atoms with Crippen molar-refractivity contribution in [3.8, 4) is 0 Å². The summed E-state index contributed by atoms with van der Waals surface area (Å²) in [6.07, 6.45) is 1.21. The molecule has 5 nitrogen and oxygen atoms in total. The van der Waals surface area contributed by atoms with Crippen molar-refractivity contribution >= 4 is 5.91 Å². The van der Waals surface area contributed by atoms with Gasteiger partial charge in [0.1, 0.15) is 0 Å². The fourth-order valence-corrected chi connectivity index (χ4v) is 2.27. The largest absolute Gasteiger partial charge is 0.368 e. The predicted molar refractivity (Wildman–Crippen MR) is 69.8 cm³/mol. The molecule has 0 spiro atoms. The Balaban J connectivity index is 2.30. The van der Waals surface area contributed by atoms with Crippen LogP contribution in [0.15, 0.2) is 0 Å². The summed E-state index contributed by atoms with van der Waals surface area (Å²) in [7, 11) is 0. The molecule has 0 bridgehead atoms. The zero-order valence-electron chi connectivity index (χ0n) is 11.1. The lowest BCUT2D eigenvalue weighted by molar-refractivity contribution is -0.120. The van der Waals surface area contributed by atoms with E-state index in [1.165, 1.54) is 13.0 Å². The van der Waals surface area contributed by atoms with E-state index in [2.05, 4.69) is 22.0 Å². The summed E-state index contributed by atoms with van der Waals surface area (Å²) in [5.74, 6) is -0.247. The van der Waals surface area contributed by atoms with E-state index in [4.69, 9.17) is 5.73 Å². The van der Waals surface area contributed by atoms with Gasteiger partial charge in [0.05, 0.1) is 6.04 Å². The highest BCUT2D eigenvalue weighted by molar-refractivity contribution is 5.80. The number of carbonyl (C=O) groups is 1. The van der Waals surface area contributed by atoms with E-state index >= 15 is 0 Å². The van der Waals surface area contributed by atoms with Crippen molar-refractivity contribution in [1.82, 2.24) is 15.1 Å². The maximum atomic E-state index is 11.3. The lowest BCUT2D eigenvalue weighted by atomic mass is 10.2. The predicted octanol–water partition coefficient (Wildman–Crippen LogP) is -0.523. The Morgan fingerprint density at radius 1 is 1.24 bits per heavy atom. The molecule has 0 aliphatic carbocycles. The summed E-state index contributed by atoms with van der Waals surface area (Å²) >= 11 is 0. The van der Waals surface area contributed by atoms with E-state index in [1.54, 1.807) is 0 Å². The Kier molecular flexibility index (Phi) is 6.47. The molecule has 100 valence electrons. The summed E-state index contributed by atoms with van der Waals surface area (Å²) < 4.78 is 0. The fourth-order valence-electron chi connectivity index (χ4n) is 2.27. The molecule has 1 rings (SSSR count). The molecule has 1 amide bonds. The fraction of sp³-hybridized carbons (Fsp3) is 0.917. The van der Waals surface area contributed by atoms with Crippen molar-refractivity contribution in [3.63, 3.8) is 0 Å². The molecule has 1 aliphatic heterocycles. The summed E-state index contributed by atoms with van der Waals surface area (Å²) in [6, 6.07) is -0.210. The maximum absolute atomic E-state index is 11.3. The number of nitrogens with one attached hydrogen (secondary N) is 1. The number of amides is 1. The Morgan fingerprint density at radius 2 is 1.82 bits per heavy atom. The van der Waals surface area contributed by atoms with E-state index in [-0.39, 0.29) is 11.9 Å². The maximum Gasteiger partial charge on any atom is 0.235 e. The van der Waals surface area contributed by atoms with Crippen LogP contribution in [-0.2, 0) is 4.79 Å². The number of piperazine rings is 1. The Labute approximate surface area is 104 Å². The Bertz CT molecular complexity index is 227. The normalized spacial score (nSPS) is 20.4. The van der Waals surface area contributed by atoms with Gasteiger partial charge in [0.25, 0.3) is 0 Å². The molecule has 0 aromatic carbocycles. The first kappa shape index (κ1) is 14.4. The van der Waals surface area contributed by atoms with Crippen LogP contribution >= 0.6 is 0 Å². The molecule has 1 atom stereocenters. The van der Waals surface area contributed by atoms with Crippen molar-refractivity contribution in [2.45, 2.75) is 26.3 Å². The van der Waals surface area contributed by atoms with Gasteiger partial charge in [0.2, 0.25) is 5.91 Å².